The third-order valence-electron chi connectivity index (χ3n) is 2.13. The lowest BCUT2D eigenvalue weighted by Crippen LogP contribution is -2.18. The van der Waals surface area contributed by atoms with Crippen LogP contribution in [0.3, 0.4) is 0 Å². The third-order valence-corrected chi connectivity index (χ3v) is 2.47. The van der Waals surface area contributed by atoms with E-state index in [1.807, 2.05) is 0 Å². The van der Waals surface area contributed by atoms with Crippen molar-refractivity contribution in [1.82, 2.24) is 15.0 Å². The molecule has 0 saturated heterocycles. The Kier molecular flexibility index (Phi) is 5.22. The minimum Gasteiger partial charge on any atom is -0.352 e. The zero-order chi connectivity index (χ0) is 12.1. The topological polar surface area (TPSA) is 50.7 Å². The van der Waals surface area contributed by atoms with Gasteiger partial charge >= 0.3 is 0 Å². The summed E-state index contributed by atoms with van der Waals surface area (Å²) in [5.41, 5.74) is 0. The lowest BCUT2D eigenvalue weighted by atomic mass is 10.0. The second-order valence-electron chi connectivity index (χ2n) is 4.21. The fourth-order valence-electron chi connectivity index (χ4n) is 1.27. The first-order chi connectivity index (χ1) is 7.47. The van der Waals surface area contributed by atoms with Gasteiger partial charge in [-0.05, 0) is 48.9 Å². The van der Waals surface area contributed by atoms with Crippen LogP contribution in [0, 0.1) is 5.92 Å². The minimum absolute atomic E-state index is 0.110. The molecule has 0 radical (unpaired) electrons. The first kappa shape index (κ1) is 13.5. The second-order valence-corrected chi connectivity index (χ2v) is 4.89. The van der Waals surface area contributed by atoms with Gasteiger partial charge in [-0.1, -0.05) is 13.8 Å². The van der Waals surface area contributed by atoms with E-state index in [1.165, 1.54) is 0 Å². The van der Waals surface area contributed by atoms with Gasteiger partial charge in [-0.15, -0.1) is 0 Å². The van der Waals surface area contributed by atoms with Gasteiger partial charge < -0.3 is 5.32 Å². The van der Waals surface area contributed by atoms with E-state index in [0.717, 1.165) is 12.8 Å². The highest BCUT2D eigenvalue weighted by Gasteiger charge is 2.07. The molecule has 16 heavy (non-hydrogen) atoms. The molecule has 4 nitrogen and oxygen atoms in total. The van der Waals surface area contributed by atoms with Crippen LogP contribution in [0.25, 0.3) is 0 Å². The molecule has 1 atom stereocenters. The highest BCUT2D eigenvalue weighted by Crippen LogP contribution is 2.13. The van der Waals surface area contributed by atoms with Crippen LogP contribution in [0.15, 0.2) is 0 Å². The summed E-state index contributed by atoms with van der Waals surface area (Å²) in [5, 5.41) is 3.37. The van der Waals surface area contributed by atoms with Crippen LogP contribution in [0.1, 0.15) is 33.6 Å². The standard InChI is InChI=1S/C10H16Cl2N4/c1-6(2)4-5-7(3)13-10-15-8(11)14-9(12)16-10/h6-7H,4-5H2,1-3H3,(H,13,14,15,16). The van der Waals surface area contributed by atoms with Gasteiger partial charge in [0.15, 0.2) is 0 Å². The Labute approximate surface area is 106 Å². The summed E-state index contributed by atoms with van der Waals surface area (Å²) in [4.78, 5) is 11.6. The molecule has 90 valence electrons. The summed E-state index contributed by atoms with van der Waals surface area (Å²) >= 11 is 11.3. The lowest BCUT2D eigenvalue weighted by molar-refractivity contribution is 0.526. The van der Waals surface area contributed by atoms with Crippen LogP contribution in [0.4, 0.5) is 5.95 Å². The molecular weight excluding hydrogens is 247 g/mol. The highest BCUT2D eigenvalue weighted by atomic mass is 35.5. The maximum absolute atomic E-state index is 5.67. The van der Waals surface area contributed by atoms with E-state index < -0.39 is 0 Å². The number of halogens is 2. The zero-order valence-corrected chi connectivity index (χ0v) is 11.2. The summed E-state index contributed by atoms with van der Waals surface area (Å²) in [7, 11) is 0. The smallest absolute Gasteiger partial charge is 0.228 e. The van der Waals surface area contributed by atoms with Crippen molar-refractivity contribution >= 4 is 29.2 Å². The molecule has 0 aliphatic carbocycles. The molecule has 0 bridgehead atoms. The molecule has 1 heterocycles. The first-order valence-corrected chi connectivity index (χ1v) is 6.06. The molecule has 0 amide bonds. The summed E-state index contributed by atoms with van der Waals surface area (Å²) in [5.74, 6) is 1.12. The quantitative estimate of drug-likeness (QED) is 0.884. The molecule has 0 saturated carbocycles. The Morgan fingerprint density at radius 1 is 1.00 bits per heavy atom. The van der Waals surface area contributed by atoms with Crippen LogP contribution < -0.4 is 5.32 Å². The number of hydrogen-bond acceptors (Lipinski definition) is 4. The van der Waals surface area contributed by atoms with Crippen LogP contribution in [0.2, 0.25) is 10.6 Å². The molecule has 6 heteroatoms. The molecular formula is C10H16Cl2N4. The fourth-order valence-corrected chi connectivity index (χ4v) is 1.63. The molecule has 0 fully saturated rings. The van der Waals surface area contributed by atoms with Gasteiger partial charge in [0.25, 0.3) is 0 Å². The van der Waals surface area contributed by atoms with Gasteiger partial charge in [-0.25, -0.2) is 0 Å². The Morgan fingerprint density at radius 2 is 1.56 bits per heavy atom. The largest absolute Gasteiger partial charge is 0.352 e. The van der Waals surface area contributed by atoms with Crippen molar-refractivity contribution in [3.63, 3.8) is 0 Å². The van der Waals surface area contributed by atoms with Crippen molar-refractivity contribution in [1.29, 1.82) is 0 Å². The Balaban J connectivity index is 2.52. The number of aromatic nitrogens is 3. The van der Waals surface area contributed by atoms with E-state index in [1.54, 1.807) is 0 Å². The van der Waals surface area contributed by atoms with Gasteiger partial charge in [-0.2, -0.15) is 15.0 Å². The Bertz CT molecular complexity index is 323. The van der Waals surface area contributed by atoms with Crippen molar-refractivity contribution in [2.75, 3.05) is 5.32 Å². The fraction of sp³-hybridized carbons (Fsp3) is 0.700. The van der Waals surface area contributed by atoms with Gasteiger partial charge in [0.05, 0.1) is 0 Å². The number of nitrogens with zero attached hydrogens (tertiary/aromatic N) is 3. The molecule has 1 aromatic heterocycles. The van der Waals surface area contributed by atoms with Crippen molar-refractivity contribution in [3.05, 3.63) is 10.6 Å². The third kappa shape index (κ3) is 4.94. The molecule has 1 N–H and O–H groups in total. The average Bonchev–Trinajstić information content (AvgIpc) is 2.12. The van der Waals surface area contributed by atoms with Crippen molar-refractivity contribution in [3.8, 4) is 0 Å². The number of rotatable bonds is 5. The van der Waals surface area contributed by atoms with Crippen molar-refractivity contribution < 1.29 is 0 Å². The van der Waals surface area contributed by atoms with Crippen molar-refractivity contribution in [2.24, 2.45) is 5.92 Å². The van der Waals surface area contributed by atoms with Gasteiger partial charge in [0.1, 0.15) is 0 Å². The predicted octanol–water partition coefficient (Wildman–Crippen LogP) is 3.42. The molecule has 0 aliphatic rings. The normalized spacial score (nSPS) is 12.9. The zero-order valence-electron chi connectivity index (χ0n) is 9.67. The monoisotopic (exact) mass is 262 g/mol. The Morgan fingerprint density at radius 3 is 2.06 bits per heavy atom. The summed E-state index contributed by atoms with van der Waals surface area (Å²) in [6.45, 7) is 6.47. The van der Waals surface area contributed by atoms with E-state index in [2.05, 4.69) is 41.0 Å². The SMILES string of the molecule is CC(C)CCC(C)Nc1nc(Cl)nc(Cl)n1. The van der Waals surface area contributed by atoms with E-state index in [0.29, 0.717) is 11.9 Å². The summed E-state index contributed by atoms with van der Waals surface area (Å²) < 4.78 is 0. The summed E-state index contributed by atoms with van der Waals surface area (Å²) in [6.07, 6.45) is 2.21. The van der Waals surface area contributed by atoms with E-state index >= 15 is 0 Å². The van der Waals surface area contributed by atoms with E-state index in [9.17, 15) is 0 Å². The van der Waals surface area contributed by atoms with E-state index in [-0.39, 0.29) is 16.6 Å². The van der Waals surface area contributed by atoms with Gasteiger partial charge in [0, 0.05) is 6.04 Å². The van der Waals surface area contributed by atoms with Crippen molar-refractivity contribution in [2.45, 2.75) is 39.7 Å². The van der Waals surface area contributed by atoms with Crippen LogP contribution in [-0.4, -0.2) is 21.0 Å². The second kappa shape index (κ2) is 6.21. The highest BCUT2D eigenvalue weighted by molar-refractivity contribution is 6.31. The van der Waals surface area contributed by atoms with E-state index in [4.69, 9.17) is 23.2 Å². The number of hydrogen-bond donors (Lipinski definition) is 1. The maximum Gasteiger partial charge on any atom is 0.228 e. The Hall–Kier alpha value is -0.610. The average molecular weight is 263 g/mol. The van der Waals surface area contributed by atoms with Gasteiger partial charge in [-0.3, -0.25) is 0 Å². The molecule has 0 spiro atoms. The molecule has 1 unspecified atom stereocenters. The van der Waals surface area contributed by atoms with Crippen LogP contribution in [-0.2, 0) is 0 Å². The number of nitrogens with one attached hydrogen (secondary N) is 1. The molecule has 1 aromatic rings. The minimum atomic E-state index is 0.110. The molecule has 0 aromatic carbocycles. The lowest BCUT2D eigenvalue weighted by Gasteiger charge is -2.14. The number of anilines is 1. The predicted molar refractivity (Wildman–Crippen MR) is 67.0 cm³/mol. The molecule has 0 aliphatic heterocycles. The maximum atomic E-state index is 5.67. The van der Waals surface area contributed by atoms with Crippen LogP contribution in [0.5, 0.6) is 0 Å². The first-order valence-electron chi connectivity index (χ1n) is 5.31. The summed E-state index contributed by atoms with van der Waals surface area (Å²) in [6, 6.07) is 0.289. The van der Waals surface area contributed by atoms with Crippen LogP contribution >= 0.6 is 23.2 Å². The van der Waals surface area contributed by atoms with Gasteiger partial charge in [0.2, 0.25) is 16.5 Å². The molecule has 1 rings (SSSR count).